The Morgan fingerprint density at radius 2 is 2.00 bits per heavy atom. The maximum Gasteiger partial charge on any atom is 0.230 e. The first-order valence-electron chi connectivity index (χ1n) is 6.19. The molecule has 1 aliphatic rings. The molecule has 1 fully saturated rings. The number of carbonyl (C=O) groups excluding carboxylic acids is 1. The van der Waals surface area contributed by atoms with Gasteiger partial charge >= 0.3 is 0 Å². The molecule has 4 heteroatoms. The monoisotopic (exact) mass is 245 g/mol. The van der Waals surface area contributed by atoms with Crippen molar-refractivity contribution in [2.75, 3.05) is 25.2 Å². The van der Waals surface area contributed by atoms with Gasteiger partial charge in [0.1, 0.15) is 0 Å². The second kappa shape index (κ2) is 8.88. The van der Waals surface area contributed by atoms with Gasteiger partial charge < -0.3 is 10.1 Å². The summed E-state index contributed by atoms with van der Waals surface area (Å²) in [5.74, 6) is 1.65. The van der Waals surface area contributed by atoms with E-state index in [4.69, 9.17) is 4.74 Å². The second-order valence-corrected chi connectivity index (χ2v) is 5.41. The van der Waals surface area contributed by atoms with E-state index in [-0.39, 0.29) is 5.91 Å². The maximum absolute atomic E-state index is 11.6. The Bertz CT molecular complexity index is 191. The van der Waals surface area contributed by atoms with Crippen LogP contribution in [0.2, 0.25) is 0 Å². The van der Waals surface area contributed by atoms with Gasteiger partial charge in [0, 0.05) is 18.9 Å². The molecule has 3 nitrogen and oxygen atoms in total. The molecule has 1 aliphatic carbocycles. The minimum Gasteiger partial charge on any atom is -0.384 e. The van der Waals surface area contributed by atoms with E-state index in [0.717, 1.165) is 25.2 Å². The lowest BCUT2D eigenvalue weighted by atomic mass is 10.1. The third-order valence-electron chi connectivity index (χ3n) is 2.89. The van der Waals surface area contributed by atoms with Crippen molar-refractivity contribution in [2.45, 2.75) is 44.6 Å². The van der Waals surface area contributed by atoms with Crippen LogP contribution >= 0.6 is 11.8 Å². The Hall–Kier alpha value is -0.220. The zero-order valence-electron chi connectivity index (χ0n) is 10.2. The molecule has 0 unspecified atom stereocenters. The molecule has 1 saturated carbocycles. The van der Waals surface area contributed by atoms with Crippen LogP contribution in [-0.2, 0) is 9.53 Å². The fraction of sp³-hybridized carbons (Fsp3) is 0.917. The third-order valence-corrected chi connectivity index (χ3v) is 3.81. The van der Waals surface area contributed by atoms with Crippen LogP contribution in [0.1, 0.15) is 38.5 Å². The Kier molecular flexibility index (Phi) is 7.68. The molecule has 0 aromatic rings. The highest BCUT2D eigenvalue weighted by Gasteiger charge is 2.14. The standard InChI is InChI=1S/C12H23NO2S/c1-15-8-9-16-10-12(14)13-11-6-4-2-3-5-7-11/h11H,2-10H2,1H3,(H,13,14). The van der Waals surface area contributed by atoms with Crippen molar-refractivity contribution in [3.05, 3.63) is 0 Å². The molecule has 16 heavy (non-hydrogen) atoms. The predicted octanol–water partition coefficient (Wildman–Crippen LogP) is 2.20. The highest BCUT2D eigenvalue weighted by atomic mass is 32.2. The fourth-order valence-electron chi connectivity index (χ4n) is 2.00. The smallest absolute Gasteiger partial charge is 0.230 e. The van der Waals surface area contributed by atoms with E-state index in [2.05, 4.69) is 5.32 Å². The third kappa shape index (κ3) is 6.38. The minimum absolute atomic E-state index is 0.188. The first-order valence-corrected chi connectivity index (χ1v) is 7.34. The summed E-state index contributed by atoms with van der Waals surface area (Å²) in [5, 5.41) is 3.14. The van der Waals surface area contributed by atoms with Crippen LogP contribution in [0, 0.1) is 0 Å². The molecule has 0 atom stereocenters. The molecule has 0 spiro atoms. The molecule has 0 aromatic carbocycles. The Morgan fingerprint density at radius 1 is 1.31 bits per heavy atom. The van der Waals surface area contributed by atoms with Crippen LogP contribution in [-0.4, -0.2) is 37.2 Å². The molecule has 0 heterocycles. The van der Waals surface area contributed by atoms with Crippen LogP contribution < -0.4 is 5.32 Å². The van der Waals surface area contributed by atoms with Crippen molar-refractivity contribution in [3.63, 3.8) is 0 Å². The van der Waals surface area contributed by atoms with Gasteiger partial charge in [0.15, 0.2) is 0 Å². The zero-order valence-corrected chi connectivity index (χ0v) is 11.0. The lowest BCUT2D eigenvalue weighted by Crippen LogP contribution is -2.35. The van der Waals surface area contributed by atoms with E-state index in [1.54, 1.807) is 18.9 Å². The molecule has 0 aliphatic heterocycles. The fourth-order valence-corrected chi connectivity index (χ4v) is 2.70. The lowest BCUT2D eigenvalue weighted by Gasteiger charge is -2.15. The van der Waals surface area contributed by atoms with Crippen molar-refractivity contribution in [1.82, 2.24) is 5.32 Å². The molecule has 0 radical (unpaired) electrons. The second-order valence-electron chi connectivity index (χ2n) is 4.30. The lowest BCUT2D eigenvalue weighted by molar-refractivity contribution is -0.119. The van der Waals surface area contributed by atoms with Gasteiger partial charge in [-0.2, -0.15) is 0 Å². The number of ether oxygens (including phenoxy) is 1. The Balaban J connectivity index is 2.07. The van der Waals surface area contributed by atoms with Gasteiger partial charge in [-0.25, -0.2) is 0 Å². The molecule has 1 N–H and O–H groups in total. The van der Waals surface area contributed by atoms with Crippen molar-refractivity contribution < 1.29 is 9.53 Å². The molecule has 0 bridgehead atoms. The number of carbonyl (C=O) groups is 1. The molecule has 1 rings (SSSR count). The van der Waals surface area contributed by atoms with Gasteiger partial charge in [0.2, 0.25) is 5.91 Å². The minimum atomic E-state index is 0.188. The SMILES string of the molecule is COCCSCC(=O)NC1CCCCCC1. The highest BCUT2D eigenvalue weighted by Crippen LogP contribution is 2.17. The molecular weight excluding hydrogens is 222 g/mol. The van der Waals surface area contributed by atoms with Crippen LogP contribution in [0.3, 0.4) is 0 Å². The van der Waals surface area contributed by atoms with E-state index < -0.39 is 0 Å². The van der Waals surface area contributed by atoms with Crippen molar-refractivity contribution in [3.8, 4) is 0 Å². The molecule has 0 aromatic heterocycles. The van der Waals surface area contributed by atoms with Crippen LogP contribution in [0.4, 0.5) is 0 Å². The number of amides is 1. The Labute approximate surface area is 103 Å². The average Bonchev–Trinajstić information content (AvgIpc) is 2.53. The number of nitrogens with one attached hydrogen (secondary N) is 1. The summed E-state index contributed by atoms with van der Waals surface area (Å²) in [7, 11) is 1.69. The van der Waals surface area contributed by atoms with E-state index in [0.29, 0.717) is 11.8 Å². The van der Waals surface area contributed by atoms with Crippen molar-refractivity contribution >= 4 is 17.7 Å². The van der Waals surface area contributed by atoms with E-state index in [1.165, 1.54) is 25.7 Å². The van der Waals surface area contributed by atoms with Crippen molar-refractivity contribution in [1.29, 1.82) is 0 Å². The predicted molar refractivity (Wildman–Crippen MR) is 68.8 cm³/mol. The van der Waals surface area contributed by atoms with E-state index in [1.807, 2.05) is 0 Å². The first-order chi connectivity index (χ1) is 7.83. The average molecular weight is 245 g/mol. The summed E-state index contributed by atoms with van der Waals surface area (Å²) in [6.45, 7) is 0.724. The number of thioether (sulfide) groups is 1. The summed E-state index contributed by atoms with van der Waals surface area (Å²) in [4.78, 5) is 11.6. The molecular formula is C12H23NO2S. The van der Waals surface area contributed by atoms with Crippen LogP contribution in [0.15, 0.2) is 0 Å². The number of methoxy groups -OCH3 is 1. The summed E-state index contributed by atoms with van der Waals surface area (Å²) in [5.41, 5.74) is 0. The van der Waals surface area contributed by atoms with Gasteiger partial charge in [-0.1, -0.05) is 25.7 Å². The maximum atomic E-state index is 11.6. The summed E-state index contributed by atoms with van der Waals surface area (Å²) < 4.78 is 4.94. The Morgan fingerprint density at radius 3 is 2.62 bits per heavy atom. The molecule has 94 valence electrons. The van der Waals surface area contributed by atoms with Crippen molar-refractivity contribution in [2.24, 2.45) is 0 Å². The topological polar surface area (TPSA) is 38.3 Å². The molecule has 0 saturated heterocycles. The number of rotatable bonds is 6. The highest BCUT2D eigenvalue weighted by molar-refractivity contribution is 7.99. The van der Waals surface area contributed by atoms with E-state index >= 15 is 0 Å². The summed E-state index contributed by atoms with van der Waals surface area (Å²) >= 11 is 1.64. The largest absolute Gasteiger partial charge is 0.384 e. The van der Waals surface area contributed by atoms with E-state index in [9.17, 15) is 4.79 Å². The van der Waals surface area contributed by atoms with Gasteiger partial charge in [-0.05, 0) is 12.8 Å². The summed E-state index contributed by atoms with van der Waals surface area (Å²) in [6.07, 6.45) is 7.51. The number of hydrogen-bond donors (Lipinski definition) is 1. The zero-order chi connectivity index (χ0) is 11.6. The number of hydrogen-bond acceptors (Lipinski definition) is 3. The normalized spacial score (nSPS) is 18.1. The quantitative estimate of drug-likeness (QED) is 0.576. The van der Waals surface area contributed by atoms with Gasteiger partial charge in [0.25, 0.3) is 0 Å². The van der Waals surface area contributed by atoms with Gasteiger partial charge in [0.05, 0.1) is 12.4 Å². The van der Waals surface area contributed by atoms with Crippen LogP contribution in [0.5, 0.6) is 0 Å². The molecule has 1 amide bonds. The van der Waals surface area contributed by atoms with Gasteiger partial charge in [-0.15, -0.1) is 11.8 Å². The van der Waals surface area contributed by atoms with Crippen LogP contribution in [0.25, 0.3) is 0 Å². The van der Waals surface area contributed by atoms with Gasteiger partial charge in [-0.3, -0.25) is 4.79 Å². The first kappa shape index (κ1) is 13.8. The summed E-state index contributed by atoms with van der Waals surface area (Å²) in [6, 6.07) is 0.429.